The van der Waals surface area contributed by atoms with E-state index in [1.807, 2.05) is 37.3 Å². The van der Waals surface area contributed by atoms with Crippen LogP contribution in [0.1, 0.15) is 32.3 Å². The van der Waals surface area contributed by atoms with Crippen molar-refractivity contribution in [3.05, 3.63) is 72.3 Å². The van der Waals surface area contributed by atoms with Crippen molar-refractivity contribution in [1.82, 2.24) is 10.0 Å². The Hall–Kier alpha value is -3.43. The van der Waals surface area contributed by atoms with Crippen LogP contribution in [0.2, 0.25) is 0 Å². The molecule has 0 aromatic heterocycles. The fourth-order valence-corrected chi connectivity index (χ4v) is 4.63. The van der Waals surface area contributed by atoms with E-state index in [-0.39, 0.29) is 11.5 Å². The largest absolute Gasteiger partial charge is 0.445 e. The molecule has 3 rings (SSSR count). The summed E-state index contributed by atoms with van der Waals surface area (Å²) in [6.07, 6.45) is 0.903. The van der Waals surface area contributed by atoms with Gasteiger partial charge >= 0.3 is 6.09 Å². The summed E-state index contributed by atoms with van der Waals surface area (Å²) in [6, 6.07) is 18.3. The molecule has 0 saturated heterocycles. The zero-order valence-electron chi connectivity index (χ0n) is 19.2. The quantitative estimate of drug-likeness (QED) is 0.375. The maximum absolute atomic E-state index is 12.8. The van der Waals surface area contributed by atoms with Gasteiger partial charge in [0, 0.05) is 23.0 Å². The number of hydrogen-bond donors (Lipinski definition) is 3. The molecule has 0 heterocycles. The Balaban J connectivity index is 1.69. The molecule has 2 amide bonds. The number of nitrogens with one attached hydrogen (secondary N) is 3. The lowest BCUT2D eigenvalue weighted by atomic mass is 10.1. The predicted molar refractivity (Wildman–Crippen MR) is 132 cm³/mol. The van der Waals surface area contributed by atoms with E-state index in [4.69, 9.17) is 4.74 Å². The second kappa shape index (κ2) is 11.6. The van der Waals surface area contributed by atoms with Crippen LogP contribution >= 0.6 is 0 Å². The van der Waals surface area contributed by atoms with E-state index in [2.05, 4.69) is 15.4 Å². The second-order valence-electron chi connectivity index (χ2n) is 7.83. The van der Waals surface area contributed by atoms with E-state index in [1.54, 1.807) is 30.3 Å². The molecule has 0 saturated carbocycles. The van der Waals surface area contributed by atoms with Crippen LogP contribution < -0.4 is 15.4 Å². The Kier molecular flexibility index (Phi) is 8.61. The number of alkyl carbamates (subject to hydrolysis) is 1. The highest BCUT2D eigenvalue weighted by molar-refractivity contribution is 7.89. The second-order valence-corrected chi connectivity index (χ2v) is 9.56. The highest BCUT2D eigenvalue weighted by Crippen LogP contribution is 2.29. The van der Waals surface area contributed by atoms with E-state index < -0.39 is 28.1 Å². The summed E-state index contributed by atoms with van der Waals surface area (Å²) in [5.74, 6) is -0.460. The van der Waals surface area contributed by atoms with Gasteiger partial charge in [-0.1, -0.05) is 67.9 Å². The standard InChI is InChI=1S/C25H29N3O5S/c1-3-4-16-26-34(31,32)23-15-9-12-20-21(23)13-8-14-22(20)28-24(29)18(2)27-25(30)33-17-19-10-6-5-7-11-19/h5-15,18,26H,3-4,16-17H2,1-2H3,(H,27,30)(H,28,29)/t18-/m0/s1. The maximum Gasteiger partial charge on any atom is 0.408 e. The van der Waals surface area contributed by atoms with Crippen LogP contribution in [-0.4, -0.2) is 33.0 Å². The number of carbonyl (C=O) groups is 2. The lowest BCUT2D eigenvalue weighted by molar-refractivity contribution is -0.117. The van der Waals surface area contributed by atoms with Crippen molar-refractivity contribution in [1.29, 1.82) is 0 Å². The molecule has 3 N–H and O–H groups in total. The van der Waals surface area contributed by atoms with Crippen molar-refractivity contribution in [2.45, 2.75) is 44.2 Å². The van der Waals surface area contributed by atoms with Gasteiger partial charge in [0.25, 0.3) is 0 Å². The SMILES string of the molecule is CCCCNS(=O)(=O)c1cccc2c(NC(=O)[C@H](C)NC(=O)OCc3ccccc3)cccc12. The molecule has 0 fully saturated rings. The van der Waals surface area contributed by atoms with Crippen molar-refractivity contribution in [2.75, 3.05) is 11.9 Å². The van der Waals surface area contributed by atoms with E-state index in [0.717, 1.165) is 18.4 Å². The Morgan fingerprint density at radius 2 is 1.65 bits per heavy atom. The highest BCUT2D eigenvalue weighted by atomic mass is 32.2. The first kappa shape index (κ1) is 25.2. The number of ether oxygens (including phenoxy) is 1. The fraction of sp³-hybridized carbons (Fsp3) is 0.280. The van der Waals surface area contributed by atoms with Crippen molar-refractivity contribution in [3.63, 3.8) is 0 Å². The monoisotopic (exact) mass is 483 g/mol. The Morgan fingerprint density at radius 1 is 0.941 bits per heavy atom. The van der Waals surface area contributed by atoms with Crippen molar-refractivity contribution >= 4 is 38.5 Å². The molecule has 0 unspecified atom stereocenters. The zero-order chi connectivity index (χ0) is 24.6. The lowest BCUT2D eigenvalue weighted by Gasteiger charge is -2.16. The van der Waals surface area contributed by atoms with Gasteiger partial charge in [-0.05, 0) is 31.0 Å². The molecule has 0 aliphatic heterocycles. The van der Waals surface area contributed by atoms with Crippen LogP contribution in [0.4, 0.5) is 10.5 Å². The minimum absolute atomic E-state index is 0.0911. The minimum Gasteiger partial charge on any atom is -0.445 e. The average Bonchev–Trinajstić information content (AvgIpc) is 2.83. The van der Waals surface area contributed by atoms with Gasteiger partial charge in [0.2, 0.25) is 15.9 Å². The molecule has 0 radical (unpaired) electrons. The molecule has 0 aliphatic rings. The van der Waals surface area contributed by atoms with E-state index >= 15 is 0 Å². The minimum atomic E-state index is -3.70. The summed E-state index contributed by atoms with van der Waals surface area (Å²) < 4.78 is 33.4. The lowest BCUT2D eigenvalue weighted by Crippen LogP contribution is -2.41. The summed E-state index contributed by atoms with van der Waals surface area (Å²) >= 11 is 0. The first-order valence-corrected chi connectivity index (χ1v) is 12.6. The Labute approximate surface area is 199 Å². The molecule has 8 nitrogen and oxygen atoms in total. The number of sulfonamides is 1. The van der Waals surface area contributed by atoms with E-state index in [9.17, 15) is 18.0 Å². The number of fused-ring (bicyclic) bond motifs is 1. The Bertz CT molecular complexity index is 1250. The van der Waals surface area contributed by atoms with Gasteiger partial charge in [-0.25, -0.2) is 17.9 Å². The predicted octanol–water partition coefficient (Wildman–Crippen LogP) is 4.17. The zero-order valence-corrected chi connectivity index (χ0v) is 20.0. The first-order chi connectivity index (χ1) is 16.3. The molecule has 3 aromatic rings. The molecule has 180 valence electrons. The summed E-state index contributed by atoms with van der Waals surface area (Å²) in [4.78, 5) is 24.9. The summed E-state index contributed by atoms with van der Waals surface area (Å²) in [7, 11) is -3.70. The number of carbonyl (C=O) groups excluding carboxylic acids is 2. The molecule has 9 heteroatoms. The fourth-order valence-electron chi connectivity index (χ4n) is 3.33. The molecule has 1 atom stereocenters. The molecular weight excluding hydrogens is 454 g/mol. The highest BCUT2D eigenvalue weighted by Gasteiger charge is 2.20. The maximum atomic E-state index is 12.8. The topological polar surface area (TPSA) is 114 Å². The number of rotatable bonds is 10. The molecule has 0 aliphatic carbocycles. The molecule has 0 bridgehead atoms. The molecular formula is C25H29N3O5S. The molecule has 34 heavy (non-hydrogen) atoms. The average molecular weight is 484 g/mol. The number of hydrogen-bond acceptors (Lipinski definition) is 5. The third kappa shape index (κ3) is 6.55. The van der Waals surface area contributed by atoms with Gasteiger partial charge in [-0.2, -0.15) is 0 Å². The van der Waals surface area contributed by atoms with E-state index in [0.29, 0.717) is 23.0 Å². The third-order valence-electron chi connectivity index (χ3n) is 5.19. The van der Waals surface area contributed by atoms with Gasteiger partial charge in [-0.15, -0.1) is 0 Å². The summed E-state index contributed by atoms with van der Waals surface area (Å²) in [6.45, 7) is 3.97. The first-order valence-electron chi connectivity index (χ1n) is 11.1. The normalized spacial score (nSPS) is 12.2. The van der Waals surface area contributed by atoms with Crippen LogP contribution in [0.25, 0.3) is 10.8 Å². The van der Waals surface area contributed by atoms with Crippen molar-refractivity contribution < 1.29 is 22.7 Å². The van der Waals surface area contributed by atoms with Gasteiger partial charge in [0.15, 0.2) is 0 Å². The molecule has 0 spiro atoms. The van der Waals surface area contributed by atoms with Gasteiger partial charge in [0.05, 0.1) is 4.90 Å². The van der Waals surface area contributed by atoms with Crippen LogP contribution in [0.5, 0.6) is 0 Å². The van der Waals surface area contributed by atoms with Crippen LogP contribution in [-0.2, 0) is 26.2 Å². The Morgan fingerprint density at radius 3 is 2.38 bits per heavy atom. The number of amides is 2. The smallest absolute Gasteiger partial charge is 0.408 e. The van der Waals surface area contributed by atoms with E-state index in [1.165, 1.54) is 13.0 Å². The van der Waals surface area contributed by atoms with Gasteiger partial charge in [0.1, 0.15) is 12.6 Å². The molecule has 3 aromatic carbocycles. The number of unbranched alkanes of at least 4 members (excludes halogenated alkanes) is 1. The number of benzene rings is 3. The summed E-state index contributed by atoms with van der Waals surface area (Å²) in [5, 5.41) is 6.34. The van der Waals surface area contributed by atoms with Crippen LogP contribution in [0.15, 0.2) is 71.6 Å². The number of anilines is 1. The van der Waals surface area contributed by atoms with Crippen LogP contribution in [0.3, 0.4) is 0 Å². The van der Waals surface area contributed by atoms with Gasteiger partial charge < -0.3 is 15.4 Å². The van der Waals surface area contributed by atoms with Gasteiger partial charge in [-0.3, -0.25) is 4.79 Å². The van der Waals surface area contributed by atoms with Crippen LogP contribution in [0, 0.1) is 0 Å². The third-order valence-corrected chi connectivity index (χ3v) is 6.71. The van der Waals surface area contributed by atoms with Crippen molar-refractivity contribution in [3.8, 4) is 0 Å². The van der Waals surface area contributed by atoms with Crippen molar-refractivity contribution in [2.24, 2.45) is 0 Å². The summed E-state index contributed by atoms with van der Waals surface area (Å²) in [5.41, 5.74) is 1.28.